The molecule has 2 N–H and O–H groups in total. The lowest BCUT2D eigenvalue weighted by atomic mass is 9.89. The molecule has 1 aromatic heterocycles. The zero-order valence-electron chi connectivity index (χ0n) is 26.7. The van der Waals surface area contributed by atoms with E-state index in [2.05, 4.69) is 15.3 Å². The molecule has 2 aliphatic heterocycles. The van der Waals surface area contributed by atoms with Gasteiger partial charge in [-0.15, -0.1) is 0 Å². The maximum Gasteiger partial charge on any atom is 0.416 e. The summed E-state index contributed by atoms with van der Waals surface area (Å²) in [5, 5.41) is 21.7. The molecule has 0 unspecified atom stereocenters. The van der Waals surface area contributed by atoms with Crippen LogP contribution >= 0.6 is 0 Å². The number of carbonyl (C=O) groups excluding carboxylic acids is 1. The fraction of sp³-hybridized carbons (Fsp3) is 0.424. The van der Waals surface area contributed by atoms with E-state index in [0.29, 0.717) is 48.8 Å². The number of aromatic nitrogens is 2. The van der Waals surface area contributed by atoms with Crippen LogP contribution in [0, 0.1) is 11.3 Å². The molecule has 2 aliphatic rings. The first kappa shape index (κ1) is 35.0. The Morgan fingerprint density at radius 2 is 1.88 bits per heavy atom. The largest absolute Gasteiger partial charge is 0.488 e. The van der Waals surface area contributed by atoms with Crippen LogP contribution < -0.4 is 24.4 Å². The minimum Gasteiger partial charge on any atom is -0.488 e. The van der Waals surface area contributed by atoms with Crippen LogP contribution in [-0.2, 0) is 26.9 Å². The van der Waals surface area contributed by atoms with Crippen molar-refractivity contribution in [2.24, 2.45) is 0 Å². The molecule has 13 nitrogen and oxygen atoms in total. The number of hydrogen-bond donors (Lipinski definition) is 2. The van der Waals surface area contributed by atoms with Gasteiger partial charge in [-0.25, -0.2) is 14.8 Å². The van der Waals surface area contributed by atoms with Gasteiger partial charge < -0.3 is 34.1 Å². The van der Waals surface area contributed by atoms with Crippen LogP contribution in [0.3, 0.4) is 0 Å². The van der Waals surface area contributed by atoms with Gasteiger partial charge in [0.05, 0.1) is 53.8 Å². The number of nitrogens with one attached hydrogen (secondary N) is 1. The molecule has 2 aromatic carbocycles. The molecule has 5 rings (SSSR count). The van der Waals surface area contributed by atoms with E-state index in [-0.39, 0.29) is 61.2 Å². The molecule has 0 fully saturated rings. The van der Waals surface area contributed by atoms with Crippen molar-refractivity contribution in [1.82, 2.24) is 9.97 Å². The fourth-order valence-electron chi connectivity index (χ4n) is 5.64. The lowest BCUT2D eigenvalue weighted by Crippen LogP contribution is -2.46. The van der Waals surface area contributed by atoms with E-state index < -0.39 is 35.9 Å². The predicted molar refractivity (Wildman–Crippen MR) is 167 cm³/mol. The Labute approximate surface area is 279 Å². The smallest absolute Gasteiger partial charge is 0.416 e. The summed E-state index contributed by atoms with van der Waals surface area (Å²) in [5.74, 6) is 0.157. The monoisotopic (exact) mass is 685 g/mol. The normalized spacial score (nSPS) is 16.7. The van der Waals surface area contributed by atoms with Crippen molar-refractivity contribution < 1.29 is 51.6 Å². The molecule has 16 heteroatoms. The van der Waals surface area contributed by atoms with E-state index in [1.807, 2.05) is 6.92 Å². The topological polar surface area (TPSA) is 165 Å². The quantitative estimate of drug-likeness (QED) is 0.230. The van der Waals surface area contributed by atoms with Gasteiger partial charge in [-0.05, 0) is 42.7 Å². The summed E-state index contributed by atoms with van der Waals surface area (Å²) in [6.07, 6.45) is -3.54. The van der Waals surface area contributed by atoms with Gasteiger partial charge in [-0.3, -0.25) is 9.69 Å². The van der Waals surface area contributed by atoms with Gasteiger partial charge >= 0.3 is 18.2 Å². The summed E-state index contributed by atoms with van der Waals surface area (Å²) in [6, 6.07) is 7.45. The highest BCUT2D eigenvalue weighted by Crippen LogP contribution is 2.46. The van der Waals surface area contributed by atoms with Gasteiger partial charge in [-0.2, -0.15) is 18.4 Å². The molecule has 3 heterocycles. The standard InChI is InChI=1S/C33H34F3N5O8/c1-3-22-14-24(23-15-27-28(47-9-8-46-27)16-26(23)41(22)32(44)49-5-4-30(42)43)39-31-38-18-29(48-7-6-45-2)25(40-31)13-19-10-20(17-37)12-21(11-19)33(34,35)36/h10-12,15-16,18,22,24H,3-9,13-14H2,1-2H3,(H,42,43)(H,38,39,40)/t22-,24+/m1/s1. The summed E-state index contributed by atoms with van der Waals surface area (Å²) in [7, 11) is 1.50. The number of nitriles is 1. The van der Waals surface area contributed by atoms with E-state index >= 15 is 0 Å². The van der Waals surface area contributed by atoms with Crippen LogP contribution in [0.2, 0.25) is 0 Å². The second-order valence-electron chi connectivity index (χ2n) is 11.2. The second kappa shape index (κ2) is 15.3. The van der Waals surface area contributed by atoms with Gasteiger partial charge in [0.25, 0.3) is 0 Å². The minimum atomic E-state index is -4.66. The molecule has 260 valence electrons. The van der Waals surface area contributed by atoms with Crippen molar-refractivity contribution in [2.45, 2.75) is 50.9 Å². The molecule has 1 amide bonds. The molecule has 0 aliphatic carbocycles. The van der Waals surface area contributed by atoms with E-state index in [0.717, 1.165) is 12.1 Å². The Bertz CT molecular complexity index is 1730. The number of carboxylic acid groups (broad SMARTS) is 1. The lowest BCUT2D eigenvalue weighted by Gasteiger charge is -2.40. The van der Waals surface area contributed by atoms with Crippen molar-refractivity contribution in [3.8, 4) is 23.3 Å². The summed E-state index contributed by atoms with van der Waals surface area (Å²) in [5.41, 5.74) is 0.456. The third-order valence-electron chi connectivity index (χ3n) is 7.91. The zero-order valence-corrected chi connectivity index (χ0v) is 26.7. The number of halogens is 3. The molecule has 0 spiro atoms. The number of carbonyl (C=O) groups is 2. The van der Waals surface area contributed by atoms with Gasteiger partial charge in [0.1, 0.15) is 26.4 Å². The van der Waals surface area contributed by atoms with Crippen molar-refractivity contribution in [3.05, 3.63) is 64.5 Å². The molecular weight excluding hydrogens is 651 g/mol. The third kappa shape index (κ3) is 8.41. The van der Waals surface area contributed by atoms with Gasteiger partial charge in [0.15, 0.2) is 17.2 Å². The molecule has 0 bridgehead atoms. The number of benzene rings is 2. The summed E-state index contributed by atoms with van der Waals surface area (Å²) < 4.78 is 68.7. The molecule has 2 atom stereocenters. The first-order valence-electron chi connectivity index (χ1n) is 15.5. The van der Waals surface area contributed by atoms with E-state index in [1.165, 1.54) is 24.3 Å². The maximum atomic E-state index is 13.6. The van der Waals surface area contributed by atoms with Crippen LogP contribution in [-0.4, -0.2) is 73.3 Å². The van der Waals surface area contributed by atoms with Crippen molar-refractivity contribution in [3.63, 3.8) is 0 Å². The lowest BCUT2D eigenvalue weighted by molar-refractivity contribution is -0.138. The van der Waals surface area contributed by atoms with Crippen molar-refractivity contribution in [2.75, 3.05) is 50.4 Å². The average molecular weight is 686 g/mol. The van der Waals surface area contributed by atoms with Crippen LogP contribution in [0.25, 0.3) is 0 Å². The number of amides is 1. The van der Waals surface area contributed by atoms with Crippen LogP contribution in [0.4, 0.5) is 29.6 Å². The van der Waals surface area contributed by atoms with Crippen LogP contribution in [0.1, 0.15) is 60.2 Å². The number of alkyl halides is 3. The number of carboxylic acids is 1. The predicted octanol–water partition coefficient (Wildman–Crippen LogP) is 5.51. The Balaban J connectivity index is 1.50. The van der Waals surface area contributed by atoms with Gasteiger partial charge in [-0.1, -0.05) is 6.92 Å². The molecule has 49 heavy (non-hydrogen) atoms. The first-order chi connectivity index (χ1) is 23.5. The second-order valence-corrected chi connectivity index (χ2v) is 11.2. The summed E-state index contributed by atoms with van der Waals surface area (Å²) in [4.78, 5) is 34.9. The Morgan fingerprint density at radius 3 is 2.55 bits per heavy atom. The maximum absolute atomic E-state index is 13.6. The SMILES string of the molecule is CC[C@@H]1C[C@H](Nc2ncc(OCCOC)c(Cc3cc(C#N)cc(C(F)(F)F)c3)n2)c2cc3c(cc2N1C(=O)OCCC(=O)O)OCCO3. The number of rotatable bonds is 12. The Kier molecular flexibility index (Phi) is 10.9. The fourth-order valence-corrected chi connectivity index (χ4v) is 5.64. The van der Waals surface area contributed by atoms with E-state index in [9.17, 15) is 28.0 Å². The number of anilines is 2. The highest BCUT2D eigenvalue weighted by molar-refractivity contribution is 5.91. The summed E-state index contributed by atoms with van der Waals surface area (Å²) in [6.45, 7) is 2.59. The average Bonchev–Trinajstić information content (AvgIpc) is 3.07. The van der Waals surface area contributed by atoms with Crippen LogP contribution in [0.15, 0.2) is 36.5 Å². The highest BCUT2D eigenvalue weighted by atomic mass is 19.4. The Morgan fingerprint density at radius 1 is 1.12 bits per heavy atom. The molecule has 0 saturated heterocycles. The van der Waals surface area contributed by atoms with Gasteiger partial charge in [0, 0.05) is 31.2 Å². The van der Waals surface area contributed by atoms with Crippen molar-refractivity contribution >= 4 is 23.7 Å². The molecule has 0 saturated carbocycles. The van der Waals surface area contributed by atoms with Gasteiger partial charge in [0.2, 0.25) is 5.95 Å². The molecule has 0 radical (unpaired) electrons. The zero-order chi connectivity index (χ0) is 35.1. The third-order valence-corrected chi connectivity index (χ3v) is 7.91. The minimum absolute atomic E-state index is 0.106. The number of methoxy groups -OCH3 is 1. The number of fused-ring (bicyclic) bond motifs is 2. The highest BCUT2D eigenvalue weighted by Gasteiger charge is 2.38. The number of hydrogen-bond acceptors (Lipinski definition) is 11. The Hall–Kier alpha value is -5.30. The van der Waals surface area contributed by atoms with Crippen LogP contribution in [0.5, 0.6) is 17.2 Å². The first-order valence-corrected chi connectivity index (χ1v) is 15.5. The summed E-state index contributed by atoms with van der Waals surface area (Å²) >= 11 is 0. The number of aliphatic carboxylic acids is 1. The molecular formula is C33H34F3N5O8. The van der Waals surface area contributed by atoms with Crippen molar-refractivity contribution in [1.29, 1.82) is 5.26 Å². The number of ether oxygens (including phenoxy) is 5. The van der Waals surface area contributed by atoms with E-state index in [1.54, 1.807) is 18.2 Å². The number of nitrogens with zero attached hydrogens (tertiary/aromatic N) is 4. The van der Waals surface area contributed by atoms with E-state index in [4.69, 9.17) is 28.8 Å². The molecule has 3 aromatic rings.